The van der Waals surface area contributed by atoms with E-state index in [0.717, 1.165) is 10.2 Å². The summed E-state index contributed by atoms with van der Waals surface area (Å²) in [6.07, 6.45) is 1.73. The molecule has 0 saturated carbocycles. The van der Waals surface area contributed by atoms with Crippen LogP contribution in [-0.2, 0) is 6.54 Å². The predicted octanol–water partition coefficient (Wildman–Crippen LogP) is 2.86. The fourth-order valence-electron chi connectivity index (χ4n) is 1.86. The summed E-state index contributed by atoms with van der Waals surface area (Å²) in [5.74, 6) is 0.549. The monoisotopic (exact) mass is 291 g/mol. The van der Waals surface area contributed by atoms with Crippen LogP contribution in [0.2, 0.25) is 5.15 Å². The first kappa shape index (κ1) is 12.3. The van der Waals surface area contributed by atoms with E-state index >= 15 is 0 Å². The van der Waals surface area contributed by atoms with E-state index in [-0.39, 0.29) is 5.56 Å². The van der Waals surface area contributed by atoms with Gasteiger partial charge in [0.2, 0.25) is 0 Å². The number of thiophene rings is 1. The molecule has 0 N–H and O–H groups in total. The molecule has 4 nitrogen and oxygen atoms in total. The number of pyridine rings is 1. The highest BCUT2D eigenvalue weighted by Crippen LogP contribution is 2.24. The molecule has 3 aromatic heterocycles. The SMILES string of the molecule is Cc1cccn(Cc2nc(Cl)c3ccsc3n2)c1=O. The van der Waals surface area contributed by atoms with Gasteiger partial charge in [-0.3, -0.25) is 4.79 Å². The summed E-state index contributed by atoms with van der Waals surface area (Å²) in [6.45, 7) is 2.11. The Morgan fingerprint density at radius 1 is 1.37 bits per heavy atom. The molecule has 3 rings (SSSR count). The molecular formula is C13H10ClN3OS. The van der Waals surface area contributed by atoms with Crippen molar-refractivity contribution in [3.05, 3.63) is 56.7 Å². The Labute approximate surface area is 118 Å². The highest BCUT2D eigenvalue weighted by atomic mass is 35.5. The number of rotatable bonds is 2. The molecule has 3 heterocycles. The molecule has 0 unspecified atom stereocenters. The van der Waals surface area contributed by atoms with Crippen molar-refractivity contribution in [3.8, 4) is 0 Å². The number of hydrogen-bond donors (Lipinski definition) is 0. The van der Waals surface area contributed by atoms with E-state index in [4.69, 9.17) is 11.6 Å². The molecule has 96 valence electrons. The lowest BCUT2D eigenvalue weighted by atomic mass is 10.3. The van der Waals surface area contributed by atoms with Crippen LogP contribution in [0, 0.1) is 6.92 Å². The van der Waals surface area contributed by atoms with E-state index in [1.807, 2.05) is 17.5 Å². The Balaban J connectivity index is 2.06. The summed E-state index contributed by atoms with van der Waals surface area (Å²) >= 11 is 7.62. The Morgan fingerprint density at radius 2 is 2.21 bits per heavy atom. The summed E-state index contributed by atoms with van der Waals surface area (Å²) in [6, 6.07) is 5.52. The molecule has 0 radical (unpaired) electrons. The minimum atomic E-state index is -0.0338. The summed E-state index contributed by atoms with van der Waals surface area (Å²) in [7, 11) is 0. The molecule has 0 bridgehead atoms. The fourth-order valence-corrected chi connectivity index (χ4v) is 2.95. The summed E-state index contributed by atoms with van der Waals surface area (Å²) in [5, 5.41) is 3.21. The van der Waals surface area contributed by atoms with Crippen LogP contribution in [0.1, 0.15) is 11.4 Å². The molecule has 0 aliphatic heterocycles. The lowest BCUT2D eigenvalue weighted by Crippen LogP contribution is -2.22. The van der Waals surface area contributed by atoms with Crippen molar-refractivity contribution in [3.63, 3.8) is 0 Å². The predicted molar refractivity (Wildman–Crippen MR) is 77.0 cm³/mol. The molecule has 6 heteroatoms. The molecule has 19 heavy (non-hydrogen) atoms. The minimum absolute atomic E-state index is 0.0338. The number of hydrogen-bond acceptors (Lipinski definition) is 4. The van der Waals surface area contributed by atoms with Gasteiger partial charge >= 0.3 is 0 Å². The maximum absolute atomic E-state index is 11.9. The topological polar surface area (TPSA) is 47.8 Å². The third-order valence-corrected chi connectivity index (χ3v) is 3.94. The largest absolute Gasteiger partial charge is 0.308 e. The molecule has 0 spiro atoms. The normalized spacial score (nSPS) is 11.1. The number of halogens is 1. The second kappa shape index (κ2) is 4.75. The van der Waals surface area contributed by atoms with Crippen LogP contribution in [0.15, 0.2) is 34.6 Å². The van der Waals surface area contributed by atoms with Crippen molar-refractivity contribution in [1.82, 2.24) is 14.5 Å². The smallest absolute Gasteiger partial charge is 0.253 e. The van der Waals surface area contributed by atoms with E-state index in [0.29, 0.717) is 23.1 Å². The van der Waals surface area contributed by atoms with Crippen molar-refractivity contribution in [1.29, 1.82) is 0 Å². The van der Waals surface area contributed by atoms with Gasteiger partial charge in [0.15, 0.2) is 5.82 Å². The van der Waals surface area contributed by atoms with Crippen molar-refractivity contribution < 1.29 is 0 Å². The lowest BCUT2D eigenvalue weighted by Gasteiger charge is -2.06. The molecule has 0 fully saturated rings. The van der Waals surface area contributed by atoms with Crippen LogP contribution >= 0.6 is 22.9 Å². The summed E-state index contributed by atoms with van der Waals surface area (Å²) in [5.41, 5.74) is 0.666. The maximum atomic E-state index is 11.9. The molecule has 0 aliphatic rings. The highest BCUT2D eigenvalue weighted by molar-refractivity contribution is 7.16. The second-order valence-electron chi connectivity index (χ2n) is 4.19. The van der Waals surface area contributed by atoms with Gasteiger partial charge in [-0.15, -0.1) is 11.3 Å². The zero-order valence-electron chi connectivity index (χ0n) is 10.1. The number of aryl methyl sites for hydroxylation is 1. The van der Waals surface area contributed by atoms with E-state index in [1.165, 1.54) is 11.3 Å². The minimum Gasteiger partial charge on any atom is -0.308 e. The quantitative estimate of drug-likeness (QED) is 0.682. The van der Waals surface area contributed by atoms with Crippen LogP contribution in [0.3, 0.4) is 0 Å². The molecular weight excluding hydrogens is 282 g/mol. The van der Waals surface area contributed by atoms with Gasteiger partial charge in [0.25, 0.3) is 5.56 Å². The molecule has 0 saturated heterocycles. The van der Waals surface area contributed by atoms with E-state index < -0.39 is 0 Å². The lowest BCUT2D eigenvalue weighted by molar-refractivity contribution is 0.714. The molecule has 0 aromatic carbocycles. The third kappa shape index (κ3) is 2.27. The Bertz CT molecular complexity index is 809. The number of fused-ring (bicyclic) bond motifs is 1. The number of nitrogens with zero attached hydrogens (tertiary/aromatic N) is 3. The van der Waals surface area contributed by atoms with Crippen molar-refractivity contribution in [2.75, 3.05) is 0 Å². The van der Waals surface area contributed by atoms with Crippen molar-refractivity contribution in [2.24, 2.45) is 0 Å². The average Bonchev–Trinajstić information content (AvgIpc) is 2.84. The maximum Gasteiger partial charge on any atom is 0.253 e. The van der Waals surface area contributed by atoms with Gasteiger partial charge in [-0.25, -0.2) is 9.97 Å². The van der Waals surface area contributed by atoms with Crippen LogP contribution in [0.25, 0.3) is 10.2 Å². The zero-order chi connectivity index (χ0) is 13.4. The highest BCUT2D eigenvalue weighted by Gasteiger charge is 2.08. The average molecular weight is 292 g/mol. The molecule has 3 aromatic rings. The van der Waals surface area contributed by atoms with Gasteiger partial charge in [-0.1, -0.05) is 17.7 Å². The Hall–Kier alpha value is -1.72. The van der Waals surface area contributed by atoms with Crippen molar-refractivity contribution >= 4 is 33.2 Å². The molecule has 0 atom stereocenters. The fraction of sp³-hybridized carbons (Fsp3) is 0.154. The summed E-state index contributed by atoms with van der Waals surface area (Å²) < 4.78 is 1.58. The van der Waals surface area contributed by atoms with Crippen LogP contribution in [0.4, 0.5) is 0 Å². The van der Waals surface area contributed by atoms with Gasteiger partial charge in [-0.2, -0.15) is 0 Å². The van der Waals surface area contributed by atoms with Crippen LogP contribution in [-0.4, -0.2) is 14.5 Å². The second-order valence-corrected chi connectivity index (χ2v) is 5.45. The standard InChI is InChI=1S/C13H10ClN3OS/c1-8-3-2-5-17(13(8)18)7-10-15-11(14)9-4-6-19-12(9)16-10/h2-6H,7H2,1H3. The summed E-state index contributed by atoms with van der Waals surface area (Å²) in [4.78, 5) is 21.5. The van der Waals surface area contributed by atoms with Gasteiger partial charge in [-0.05, 0) is 24.4 Å². The van der Waals surface area contributed by atoms with Crippen LogP contribution < -0.4 is 5.56 Å². The van der Waals surface area contributed by atoms with E-state index in [1.54, 1.807) is 23.8 Å². The third-order valence-electron chi connectivity index (χ3n) is 2.85. The van der Waals surface area contributed by atoms with Gasteiger partial charge < -0.3 is 4.57 Å². The Morgan fingerprint density at radius 3 is 3.05 bits per heavy atom. The van der Waals surface area contributed by atoms with Crippen molar-refractivity contribution in [2.45, 2.75) is 13.5 Å². The first-order valence-electron chi connectivity index (χ1n) is 5.71. The zero-order valence-corrected chi connectivity index (χ0v) is 11.7. The van der Waals surface area contributed by atoms with Crippen LogP contribution in [0.5, 0.6) is 0 Å². The van der Waals surface area contributed by atoms with E-state index in [2.05, 4.69) is 9.97 Å². The van der Waals surface area contributed by atoms with Gasteiger partial charge in [0.05, 0.1) is 6.54 Å². The molecule has 0 amide bonds. The number of aromatic nitrogens is 3. The first-order chi connectivity index (χ1) is 9.15. The first-order valence-corrected chi connectivity index (χ1v) is 6.96. The Kier molecular flexibility index (Phi) is 3.08. The van der Waals surface area contributed by atoms with Gasteiger partial charge in [0, 0.05) is 17.1 Å². The van der Waals surface area contributed by atoms with E-state index in [9.17, 15) is 4.79 Å². The molecule has 0 aliphatic carbocycles. The van der Waals surface area contributed by atoms with Gasteiger partial charge in [0.1, 0.15) is 9.98 Å².